The number of H-pyrrole nitrogens is 1. The quantitative estimate of drug-likeness (QED) is 0.0423. The predicted molar refractivity (Wildman–Crippen MR) is 248 cm³/mol. The molecule has 0 unspecified atom stereocenters. The van der Waals surface area contributed by atoms with Crippen molar-refractivity contribution in [3.05, 3.63) is 204 Å². The standard InChI is InChI=1S/C23H19FN4O.C15H13FN4.C8H7BrO.CH3F.CH2O3.CH4.2K.H/c24-20-11-8-17(9-12-20)10-13-22-26-23(19-7-4-14-25-15-19)27-28(22)16-21(29)18-5-2-1-3-6-18;16-13-6-3-11(4-7-13)5-8-14-18-15(20-19-14)12-2-1-9-17-10-12;9-6-8(10)7-4-2-1-3-5-7;1-2;2-1-4-3;;;;/h1-9,11-12,14-15H,10,13,16H2;1-4,6-7,9-10H,5,8H2,(H,18,19,20);1-5H,6H2;1H3;1,3H;1H4;;;/q;;;;;;2*+1;-1/p-1/i;;;1D;;;;;. The molecule has 1 N–H and O–H groups in total. The molecule has 0 amide bonds. The fourth-order valence-corrected chi connectivity index (χ4v) is 6.03. The van der Waals surface area contributed by atoms with Crippen LogP contribution in [0, 0.1) is 11.6 Å². The van der Waals surface area contributed by atoms with Crippen LogP contribution in [0.25, 0.3) is 22.8 Å². The number of aryl methyl sites for hydroxylation is 4. The van der Waals surface area contributed by atoms with Gasteiger partial charge in [-0.05, 0) is 72.5 Å². The van der Waals surface area contributed by atoms with Crippen LogP contribution < -0.4 is 108 Å². The van der Waals surface area contributed by atoms with Crippen molar-refractivity contribution in [3.8, 4) is 22.8 Å². The summed E-state index contributed by atoms with van der Waals surface area (Å²) < 4.78 is 43.1. The van der Waals surface area contributed by atoms with Gasteiger partial charge < -0.3 is 11.6 Å². The van der Waals surface area contributed by atoms with E-state index >= 15 is 0 Å². The number of benzene rings is 4. The molecule has 0 aliphatic rings. The molecule has 4 aromatic heterocycles. The van der Waals surface area contributed by atoms with Crippen LogP contribution in [0.5, 0.6) is 0 Å². The summed E-state index contributed by atoms with van der Waals surface area (Å²) in [7, 11) is -1.00. The summed E-state index contributed by atoms with van der Waals surface area (Å²) in [4.78, 5) is 52.1. The zero-order valence-corrected chi connectivity index (χ0v) is 44.6. The molecular formula is C49H48BrF3K2N8O5. The first-order valence-corrected chi connectivity index (χ1v) is 20.7. The third-order valence-electron chi connectivity index (χ3n) is 8.88. The maximum atomic E-state index is 13.1. The minimum absolute atomic E-state index is 0. The molecule has 4 heterocycles. The molecule has 0 fully saturated rings. The van der Waals surface area contributed by atoms with Gasteiger partial charge in [0, 0.05) is 59.9 Å². The largest absolute Gasteiger partial charge is 1.00 e. The number of nitrogens with zero attached hydrogens (tertiary/aromatic N) is 7. The Morgan fingerprint density at radius 1 is 0.721 bits per heavy atom. The fourth-order valence-electron chi connectivity index (χ4n) is 5.71. The van der Waals surface area contributed by atoms with Crippen molar-refractivity contribution in [1.29, 1.82) is 0 Å². The molecule has 344 valence electrons. The summed E-state index contributed by atoms with van der Waals surface area (Å²) >= 11 is 3.10. The number of pyridine rings is 2. The van der Waals surface area contributed by atoms with Crippen LogP contribution in [-0.2, 0) is 41.9 Å². The molecule has 4 aromatic carbocycles. The Morgan fingerprint density at radius 3 is 1.65 bits per heavy atom. The van der Waals surface area contributed by atoms with Crippen molar-refractivity contribution in [2.24, 2.45) is 0 Å². The Morgan fingerprint density at radius 2 is 1.19 bits per heavy atom. The predicted octanol–water partition coefficient (Wildman–Crippen LogP) is 2.98. The first-order chi connectivity index (χ1) is 32.2. The molecule has 13 nitrogen and oxygen atoms in total. The van der Waals surface area contributed by atoms with Crippen LogP contribution in [0.15, 0.2) is 158 Å². The number of aromatic amines is 1. The number of nitrogens with one attached hydrogen (secondary N) is 1. The number of halogens is 4. The average Bonchev–Trinajstić information content (AvgIpc) is 4.02. The monoisotopic (exact) mass is 1040 g/mol. The maximum Gasteiger partial charge on any atom is 1.00 e. The van der Waals surface area contributed by atoms with Gasteiger partial charge in [-0.2, -0.15) is 10.2 Å². The van der Waals surface area contributed by atoms with E-state index in [4.69, 9.17) is 11.4 Å². The van der Waals surface area contributed by atoms with Gasteiger partial charge in [-0.1, -0.05) is 108 Å². The Kier molecular flexibility index (Phi) is 31.6. The number of rotatable bonds is 14. The van der Waals surface area contributed by atoms with Crippen LogP contribution in [0.3, 0.4) is 0 Å². The Balaban J connectivity index is 0.00000101. The van der Waals surface area contributed by atoms with E-state index in [9.17, 15) is 22.8 Å². The van der Waals surface area contributed by atoms with Crippen LogP contribution in [0.2, 0.25) is 0 Å². The zero-order chi connectivity index (χ0) is 47.4. The summed E-state index contributed by atoms with van der Waals surface area (Å²) in [6.07, 6.45) is 9.61. The molecule has 0 aliphatic carbocycles. The van der Waals surface area contributed by atoms with E-state index in [1.165, 1.54) is 24.3 Å². The second kappa shape index (κ2) is 35.8. The van der Waals surface area contributed by atoms with Crippen LogP contribution in [-0.4, -0.2) is 70.4 Å². The van der Waals surface area contributed by atoms with Crippen LogP contribution in [0.1, 0.15) is 53.7 Å². The Labute approximate surface area is 489 Å². The van der Waals surface area contributed by atoms with E-state index in [1.807, 2.05) is 72.8 Å². The summed E-state index contributed by atoms with van der Waals surface area (Å²) in [6, 6.07) is 38.7. The van der Waals surface area contributed by atoms with E-state index in [0.717, 1.165) is 46.5 Å². The molecule has 19 heteroatoms. The van der Waals surface area contributed by atoms with Gasteiger partial charge in [0.15, 0.2) is 23.2 Å². The van der Waals surface area contributed by atoms with E-state index in [0.29, 0.717) is 41.2 Å². The summed E-state index contributed by atoms with van der Waals surface area (Å²) in [6.45, 7) is -0.0734. The first kappa shape index (κ1) is 59.9. The summed E-state index contributed by atoms with van der Waals surface area (Å²) in [5, 5.41) is 20.5. The Bertz CT molecular complexity index is 2630. The topological polar surface area (TPSA) is 182 Å². The third-order valence-corrected chi connectivity index (χ3v) is 9.39. The minimum atomic E-state index is -1.00. The van der Waals surface area contributed by atoms with E-state index in [-0.39, 0.29) is 148 Å². The van der Waals surface area contributed by atoms with Crippen molar-refractivity contribution >= 4 is 34.0 Å². The van der Waals surface area contributed by atoms with Gasteiger partial charge in [-0.25, -0.2) is 23.4 Å². The average molecular weight is 1050 g/mol. The molecule has 0 bridgehead atoms. The van der Waals surface area contributed by atoms with E-state index in [1.54, 1.807) is 65.9 Å². The molecule has 0 aliphatic heterocycles. The zero-order valence-electron chi connectivity index (χ0n) is 38.7. The summed E-state index contributed by atoms with van der Waals surface area (Å²) in [5.41, 5.74) is 5.15. The van der Waals surface area contributed by atoms with Gasteiger partial charge >= 0.3 is 103 Å². The molecule has 0 atom stereocenters. The molecular weight excluding hydrogens is 996 g/mol. The molecule has 8 aromatic rings. The first-order valence-electron chi connectivity index (χ1n) is 20.3. The molecule has 0 saturated heterocycles. The van der Waals surface area contributed by atoms with Gasteiger partial charge in [-0.3, -0.25) is 33.8 Å². The third kappa shape index (κ3) is 22.0. The maximum absolute atomic E-state index is 13.1. The molecule has 68 heavy (non-hydrogen) atoms. The molecule has 8 rings (SSSR count). The van der Waals surface area contributed by atoms with E-state index in [2.05, 4.69) is 56.0 Å². The van der Waals surface area contributed by atoms with Gasteiger partial charge in [0.1, 0.15) is 29.8 Å². The summed E-state index contributed by atoms with van der Waals surface area (Å²) in [5.74, 6) is 2.32. The number of hydrogen-bond acceptors (Lipinski definition) is 11. The van der Waals surface area contributed by atoms with Crippen molar-refractivity contribution in [2.75, 3.05) is 12.5 Å². The van der Waals surface area contributed by atoms with E-state index < -0.39 is 7.15 Å². The normalized spacial score (nSPS) is 9.69. The number of alkyl halides is 2. The van der Waals surface area contributed by atoms with Crippen LogP contribution in [0.4, 0.5) is 13.2 Å². The number of ketones is 2. The number of carbonyl (C=O) groups is 3. The second-order valence-corrected chi connectivity index (χ2v) is 13.8. The van der Waals surface area contributed by atoms with Crippen LogP contribution >= 0.6 is 15.9 Å². The minimum Gasteiger partial charge on any atom is -1.00 e. The number of Topliss-reactive ketones (excluding diaryl/α,β-unsaturated/α-hetero) is 2. The molecule has 0 spiro atoms. The van der Waals surface area contributed by atoms with Gasteiger partial charge in [0.05, 0.1) is 13.9 Å². The van der Waals surface area contributed by atoms with Gasteiger partial charge in [-0.15, -0.1) is 0 Å². The Hall–Kier alpha value is -4.23. The smallest absolute Gasteiger partial charge is 1.00 e. The number of carbonyl (C=O) groups excluding carboxylic acids is 3. The van der Waals surface area contributed by atoms with Crippen molar-refractivity contribution in [1.82, 2.24) is 39.9 Å². The van der Waals surface area contributed by atoms with Crippen molar-refractivity contribution < 1.29 is 143 Å². The van der Waals surface area contributed by atoms with Gasteiger partial charge in [0.2, 0.25) is 0 Å². The van der Waals surface area contributed by atoms with Crippen molar-refractivity contribution in [2.45, 2.75) is 39.7 Å². The SMILES string of the molecule is C.Fc1ccc(CCc2nc(-c3cccnc3)n[nH]2)cc1.O=C(CBr)c1ccccc1.O=C(Cn1nc(-c2cccnc2)nc1CCc1ccc(F)cc1)c1ccccc1.O=CO[O-].[2H]CF.[H-].[K+].[K+]. The molecule has 0 saturated carbocycles. The van der Waals surface area contributed by atoms with Crippen molar-refractivity contribution in [3.63, 3.8) is 0 Å². The number of hydrogen-bond donors (Lipinski definition) is 1. The van der Waals surface area contributed by atoms with Gasteiger partial charge in [0.25, 0.3) is 6.47 Å². The second-order valence-electron chi connectivity index (χ2n) is 13.3. The number of aromatic nitrogens is 8. The fraction of sp³-hybridized carbons (Fsp3) is 0.163. The molecule has 0 radical (unpaired) electrons.